The molecule has 1 heterocycles. The number of hydrogen-bond acceptors (Lipinski definition) is 5. The van der Waals surface area contributed by atoms with Gasteiger partial charge in [-0.1, -0.05) is 79.6 Å². The lowest BCUT2D eigenvalue weighted by Crippen LogP contribution is -2.38. The number of ether oxygens (including phenoxy) is 1. The third kappa shape index (κ3) is 7.03. The molecule has 2 N–H and O–H groups in total. The quantitative estimate of drug-likeness (QED) is 0.155. The lowest BCUT2D eigenvalue weighted by atomic mass is 9.71. The van der Waals surface area contributed by atoms with Crippen LogP contribution in [0.15, 0.2) is 60.7 Å². The molecule has 0 aliphatic rings. The minimum Gasteiger partial charge on any atom is -0.481 e. The average molecular weight is 558 g/mol. The highest BCUT2D eigenvalue weighted by molar-refractivity contribution is 5.87. The lowest BCUT2D eigenvalue weighted by molar-refractivity contribution is -0.144. The number of nitrogens with zero attached hydrogens (tertiary/aromatic N) is 3. The van der Waals surface area contributed by atoms with E-state index in [0.717, 1.165) is 77.7 Å². The average Bonchev–Trinajstić information content (AvgIpc) is 3.38. The third-order valence-corrected chi connectivity index (χ3v) is 8.29. The first kappa shape index (κ1) is 30.4. The second-order valence-corrected chi connectivity index (χ2v) is 11.2. The van der Waals surface area contributed by atoms with Gasteiger partial charge in [0.2, 0.25) is 0 Å². The molecule has 0 fully saturated rings. The summed E-state index contributed by atoms with van der Waals surface area (Å²) in [5.41, 5.74) is 6.10. The maximum absolute atomic E-state index is 12.9. The number of hydrogen-bond donors (Lipinski definition) is 2. The van der Waals surface area contributed by atoms with Crippen molar-refractivity contribution in [2.75, 3.05) is 6.61 Å². The molecule has 2 unspecified atom stereocenters. The van der Waals surface area contributed by atoms with Gasteiger partial charge in [0.25, 0.3) is 0 Å². The highest BCUT2D eigenvalue weighted by atomic mass is 16.5. The van der Waals surface area contributed by atoms with Crippen LogP contribution in [0.5, 0.6) is 0 Å². The van der Waals surface area contributed by atoms with E-state index in [9.17, 15) is 15.0 Å². The minimum atomic E-state index is -1.12. The number of carboxylic acid groups (broad SMARTS) is 1. The number of carbonyl (C=O) groups is 1. The predicted octanol–water partition coefficient (Wildman–Crippen LogP) is 6.85. The number of aliphatic carboxylic acids is 1. The molecule has 218 valence electrons. The summed E-state index contributed by atoms with van der Waals surface area (Å²) in [5, 5.41) is 29.7. The van der Waals surface area contributed by atoms with Gasteiger partial charge in [0, 0.05) is 13.2 Å². The number of rotatable bonds is 15. The van der Waals surface area contributed by atoms with Crippen molar-refractivity contribution in [3.8, 4) is 0 Å². The number of fused-ring (bicyclic) bond motifs is 1. The van der Waals surface area contributed by atoms with E-state index in [1.54, 1.807) is 6.92 Å². The highest BCUT2D eigenvalue weighted by Gasteiger charge is 2.40. The van der Waals surface area contributed by atoms with Crippen molar-refractivity contribution in [2.24, 2.45) is 0 Å². The van der Waals surface area contributed by atoms with Crippen molar-refractivity contribution in [3.63, 3.8) is 0 Å². The number of aryl methyl sites for hydroxylation is 3. The number of carboxylic acids is 1. The summed E-state index contributed by atoms with van der Waals surface area (Å²) < 4.78 is 7.72. The Morgan fingerprint density at radius 1 is 1.00 bits per heavy atom. The Kier molecular flexibility index (Phi) is 10.3. The van der Waals surface area contributed by atoms with Crippen LogP contribution in [-0.2, 0) is 34.5 Å². The number of benzene rings is 3. The number of aliphatic hydroxyl groups excluding tert-OH is 1. The Morgan fingerprint density at radius 2 is 1.76 bits per heavy atom. The smallest absolute Gasteiger partial charge is 0.314 e. The van der Waals surface area contributed by atoms with Crippen LogP contribution < -0.4 is 0 Å². The van der Waals surface area contributed by atoms with Crippen molar-refractivity contribution >= 4 is 17.0 Å². The van der Waals surface area contributed by atoms with Gasteiger partial charge in [0.05, 0.1) is 23.6 Å². The van der Waals surface area contributed by atoms with Crippen LogP contribution in [0.1, 0.15) is 85.4 Å². The number of aliphatic hydroxyl groups is 1. The first-order valence-electron chi connectivity index (χ1n) is 14.7. The molecule has 4 aromatic rings. The molecule has 2 atom stereocenters. The van der Waals surface area contributed by atoms with Crippen molar-refractivity contribution in [1.29, 1.82) is 0 Å². The normalized spacial score (nSPS) is 13.8. The Balaban J connectivity index is 1.41. The summed E-state index contributed by atoms with van der Waals surface area (Å²) in [4.78, 5) is 12.9. The van der Waals surface area contributed by atoms with E-state index < -0.39 is 17.5 Å². The van der Waals surface area contributed by atoms with E-state index in [2.05, 4.69) is 22.4 Å². The molecule has 1 aromatic heterocycles. The molecule has 7 heteroatoms. The van der Waals surface area contributed by atoms with Crippen LogP contribution in [0.3, 0.4) is 0 Å². The Labute approximate surface area is 243 Å². The summed E-state index contributed by atoms with van der Waals surface area (Å²) in [6.45, 7) is 9.75. The maximum atomic E-state index is 12.9. The van der Waals surface area contributed by atoms with E-state index in [4.69, 9.17) is 4.74 Å². The molecule has 0 bridgehead atoms. The molecule has 4 rings (SSSR count). The third-order valence-electron chi connectivity index (χ3n) is 8.29. The first-order chi connectivity index (χ1) is 19.8. The van der Waals surface area contributed by atoms with Crippen LogP contribution in [0.4, 0.5) is 0 Å². The molecular formula is C34H43N3O4. The standard InChI is InChI=1S/C34H43N3O4/c1-5-34(33(39)40,22-28-16-15-24(2)29(21-28)26(4)38)30-17-18-31-32(25(30)3)35-36-37(31)19-11-6-7-12-20-41-23-27-13-9-8-10-14-27/h8-10,13-18,21,26,38H,5-7,11-12,19-20,22-23H2,1-4H3,(H,39,40). The van der Waals surface area contributed by atoms with Gasteiger partial charge in [-0.25, -0.2) is 4.68 Å². The van der Waals surface area contributed by atoms with Crippen LogP contribution in [0, 0.1) is 13.8 Å². The lowest BCUT2D eigenvalue weighted by Gasteiger charge is -2.31. The Hall–Kier alpha value is -3.55. The van der Waals surface area contributed by atoms with Crippen molar-refractivity contribution in [1.82, 2.24) is 15.0 Å². The topological polar surface area (TPSA) is 97.5 Å². The zero-order valence-electron chi connectivity index (χ0n) is 24.8. The first-order valence-corrected chi connectivity index (χ1v) is 14.7. The zero-order chi connectivity index (χ0) is 29.4. The molecule has 0 saturated carbocycles. The second-order valence-electron chi connectivity index (χ2n) is 11.2. The molecule has 0 radical (unpaired) electrons. The molecule has 0 spiro atoms. The molecule has 3 aromatic carbocycles. The van der Waals surface area contributed by atoms with Gasteiger partial charge in [0.1, 0.15) is 5.52 Å². The maximum Gasteiger partial charge on any atom is 0.314 e. The Morgan fingerprint density at radius 3 is 2.46 bits per heavy atom. The molecule has 7 nitrogen and oxygen atoms in total. The fourth-order valence-corrected chi connectivity index (χ4v) is 5.79. The fraction of sp³-hybridized carbons (Fsp3) is 0.441. The SMILES string of the molecule is CCC(Cc1ccc(C)c(C(C)O)c1)(C(=O)O)c1ccc2c(nnn2CCCCCCOCc2ccccc2)c1C. The van der Waals surface area contributed by atoms with Crippen LogP contribution in [0.25, 0.3) is 11.0 Å². The number of aromatic nitrogens is 3. The van der Waals surface area contributed by atoms with Gasteiger partial charge in [-0.15, -0.1) is 5.10 Å². The summed E-state index contributed by atoms with van der Waals surface area (Å²) in [7, 11) is 0. The van der Waals surface area contributed by atoms with Gasteiger partial charge in [-0.3, -0.25) is 4.79 Å². The predicted molar refractivity (Wildman–Crippen MR) is 162 cm³/mol. The molecule has 0 saturated heterocycles. The second kappa shape index (κ2) is 13.9. The largest absolute Gasteiger partial charge is 0.481 e. The number of unbranched alkanes of at least 4 members (excludes halogenated alkanes) is 3. The highest BCUT2D eigenvalue weighted by Crippen LogP contribution is 2.37. The molecule has 0 amide bonds. The molecule has 0 aliphatic carbocycles. The van der Waals surface area contributed by atoms with Crippen LogP contribution in [0.2, 0.25) is 0 Å². The Bertz CT molecular complexity index is 1450. The van der Waals surface area contributed by atoms with Gasteiger partial charge >= 0.3 is 5.97 Å². The van der Waals surface area contributed by atoms with Crippen LogP contribution >= 0.6 is 0 Å². The van der Waals surface area contributed by atoms with E-state index in [-0.39, 0.29) is 0 Å². The summed E-state index contributed by atoms with van der Waals surface area (Å²) in [5.74, 6) is -0.859. The zero-order valence-corrected chi connectivity index (χ0v) is 24.8. The van der Waals surface area contributed by atoms with Gasteiger partial charge in [0.15, 0.2) is 0 Å². The van der Waals surface area contributed by atoms with E-state index in [1.807, 2.05) is 74.0 Å². The fourth-order valence-electron chi connectivity index (χ4n) is 5.79. The van der Waals surface area contributed by atoms with E-state index >= 15 is 0 Å². The van der Waals surface area contributed by atoms with Gasteiger partial charge in [-0.05, 0) is 85.9 Å². The summed E-state index contributed by atoms with van der Waals surface area (Å²) in [6.07, 6.45) is 4.34. The molecule has 41 heavy (non-hydrogen) atoms. The van der Waals surface area contributed by atoms with Crippen molar-refractivity contribution in [3.05, 3.63) is 94.0 Å². The summed E-state index contributed by atoms with van der Waals surface area (Å²) >= 11 is 0. The summed E-state index contributed by atoms with van der Waals surface area (Å²) in [6, 6.07) is 20.0. The van der Waals surface area contributed by atoms with E-state index in [0.29, 0.717) is 19.4 Å². The van der Waals surface area contributed by atoms with Crippen LogP contribution in [-0.4, -0.2) is 37.8 Å². The minimum absolute atomic E-state index is 0.328. The molecular weight excluding hydrogens is 514 g/mol. The monoisotopic (exact) mass is 557 g/mol. The molecule has 0 aliphatic heterocycles. The van der Waals surface area contributed by atoms with Crippen molar-refractivity contribution < 1.29 is 19.7 Å². The van der Waals surface area contributed by atoms with Crippen molar-refractivity contribution in [2.45, 2.75) is 90.9 Å². The van der Waals surface area contributed by atoms with Gasteiger partial charge in [-0.2, -0.15) is 0 Å². The van der Waals surface area contributed by atoms with Gasteiger partial charge < -0.3 is 14.9 Å². The van der Waals surface area contributed by atoms with E-state index in [1.165, 1.54) is 5.56 Å².